The number of nitrogens with zero attached hydrogens (tertiary/aromatic N) is 3. The molecule has 0 radical (unpaired) electrons. The van der Waals surface area contributed by atoms with Crippen molar-refractivity contribution < 1.29 is 4.74 Å². The third kappa shape index (κ3) is 3.34. The lowest BCUT2D eigenvalue weighted by atomic mass is 10.1. The van der Waals surface area contributed by atoms with E-state index in [1.54, 1.807) is 0 Å². The Morgan fingerprint density at radius 2 is 1.86 bits per heavy atom. The van der Waals surface area contributed by atoms with Crippen molar-refractivity contribution in [2.75, 3.05) is 25.2 Å². The van der Waals surface area contributed by atoms with Crippen LogP contribution in [0, 0.1) is 0 Å². The van der Waals surface area contributed by atoms with Gasteiger partial charge >= 0.3 is 0 Å². The minimum Gasteiger partial charge on any atom is -0.381 e. The first-order chi connectivity index (χ1) is 10.2. The van der Waals surface area contributed by atoms with Gasteiger partial charge in [0.15, 0.2) is 5.82 Å². The van der Waals surface area contributed by atoms with Crippen LogP contribution in [0.15, 0.2) is 36.4 Å². The first kappa shape index (κ1) is 14.3. The van der Waals surface area contributed by atoms with E-state index in [1.165, 1.54) is 0 Å². The Kier molecular flexibility index (Phi) is 4.36. The number of anilines is 1. The Morgan fingerprint density at radius 3 is 2.57 bits per heavy atom. The fraction of sp³-hybridized carbons (Fsp3) is 0.375. The standard InChI is InChI=1S/C16H18ClN3O/c1-20(13-7-9-21-10-8-13)15-11-14(17)18-16(19-15)12-5-3-2-4-6-12/h2-6,11,13H,7-10H2,1H3. The average molecular weight is 304 g/mol. The van der Waals surface area contributed by atoms with Gasteiger partial charge in [0, 0.05) is 37.9 Å². The van der Waals surface area contributed by atoms with E-state index in [0.29, 0.717) is 17.0 Å². The molecule has 3 rings (SSSR count). The molecule has 0 unspecified atom stereocenters. The van der Waals surface area contributed by atoms with Gasteiger partial charge in [0.2, 0.25) is 0 Å². The van der Waals surface area contributed by atoms with Crippen LogP contribution in [0.5, 0.6) is 0 Å². The smallest absolute Gasteiger partial charge is 0.163 e. The van der Waals surface area contributed by atoms with Gasteiger partial charge in [-0.15, -0.1) is 0 Å². The molecule has 1 saturated heterocycles. The van der Waals surface area contributed by atoms with E-state index in [1.807, 2.05) is 36.4 Å². The molecule has 0 N–H and O–H groups in total. The summed E-state index contributed by atoms with van der Waals surface area (Å²) < 4.78 is 5.42. The highest BCUT2D eigenvalue weighted by Gasteiger charge is 2.20. The van der Waals surface area contributed by atoms with Gasteiger partial charge in [-0.25, -0.2) is 9.97 Å². The van der Waals surface area contributed by atoms with E-state index in [4.69, 9.17) is 16.3 Å². The van der Waals surface area contributed by atoms with Gasteiger partial charge in [0.1, 0.15) is 11.0 Å². The van der Waals surface area contributed by atoms with Crippen molar-refractivity contribution in [3.05, 3.63) is 41.6 Å². The lowest BCUT2D eigenvalue weighted by molar-refractivity contribution is 0.0853. The Morgan fingerprint density at radius 1 is 1.14 bits per heavy atom. The van der Waals surface area contributed by atoms with Crippen LogP contribution in [0.3, 0.4) is 0 Å². The third-order valence-electron chi connectivity index (χ3n) is 3.81. The maximum absolute atomic E-state index is 6.18. The second-order valence-electron chi connectivity index (χ2n) is 5.19. The number of ether oxygens (including phenoxy) is 1. The summed E-state index contributed by atoms with van der Waals surface area (Å²) in [5.41, 5.74) is 0.974. The fourth-order valence-electron chi connectivity index (χ4n) is 2.56. The van der Waals surface area contributed by atoms with Crippen molar-refractivity contribution in [3.8, 4) is 11.4 Å². The zero-order valence-corrected chi connectivity index (χ0v) is 12.8. The summed E-state index contributed by atoms with van der Waals surface area (Å²) in [6.07, 6.45) is 2.03. The van der Waals surface area contributed by atoms with Crippen molar-refractivity contribution in [1.29, 1.82) is 0 Å². The van der Waals surface area contributed by atoms with Crippen LogP contribution in [-0.2, 0) is 4.74 Å². The molecule has 4 nitrogen and oxygen atoms in total. The fourth-order valence-corrected chi connectivity index (χ4v) is 2.74. The molecule has 21 heavy (non-hydrogen) atoms. The molecule has 0 aliphatic carbocycles. The highest BCUT2D eigenvalue weighted by Crippen LogP contribution is 2.25. The minimum absolute atomic E-state index is 0.438. The van der Waals surface area contributed by atoms with Gasteiger partial charge in [0.05, 0.1) is 0 Å². The maximum atomic E-state index is 6.18. The molecule has 0 spiro atoms. The predicted molar refractivity (Wildman–Crippen MR) is 84.7 cm³/mol. The molecule has 0 atom stereocenters. The topological polar surface area (TPSA) is 38.2 Å². The number of hydrogen-bond donors (Lipinski definition) is 0. The van der Waals surface area contributed by atoms with Gasteiger partial charge in [-0.2, -0.15) is 0 Å². The van der Waals surface area contributed by atoms with E-state index < -0.39 is 0 Å². The third-order valence-corrected chi connectivity index (χ3v) is 4.01. The molecule has 0 bridgehead atoms. The lowest BCUT2D eigenvalue weighted by Gasteiger charge is -2.32. The van der Waals surface area contributed by atoms with Gasteiger partial charge in [-0.3, -0.25) is 0 Å². The zero-order chi connectivity index (χ0) is 14.7. The second-order valence-corrected chi connectivity index (χ2v) is 5.58. The molecular weight excluding hydrogens is 286 g/mol. The molecule has 2 aromatic rings. The van der Waals surface area contributed by atoms with Gasteiger partial charge in [0.25, 0.3) is 0 Å². The highest BCUT2D eigenvalue weighted by molar-refractivity contribution is 6.29. The number of aromatic nitrogens is 2. The van der Waals surface area contributed by atoms with Crippen molar-refractivity contribution >= 4 is 17.4 Å². The zero-order valence-electron chi connectivity index (χ0n) is 12.0. The van der Waals surface area contributed by atoms with Gasteiger partial charge in [-0.1, -0.05) is 41.9 Å². The Labute approximate surface area is 129 Å². The van der Waals surface area contributed by atoms with Gasteiger partial charge in [-0.05, 0) is 12.8 Å². The summed E-state index contributed by atoms with van der Waals surface area (Å²) in [4.78, 5) is 11.2. The van der Waals surface area contributed by atoms with Crippen LogP contribution >= 0.6 is 11.6 Å². The SMILES string of the molecule is CN(c1cc(Cl)nc(-c2ccccc2)n1)C1CCOCC1. The molecule has 0 amide bonds. The number of hydrogen-bond acceptors (Lipinski definition) is 4. The molecule has 5 heteroatoms. The number of benzene rings is 1. The Balaban J connectivity index is 1.90. The van der Waals surface area contributed by atoms with Gasteiger partial charge < -0.3 is 9.64 Å². The number of rotatable bonds is 3. The second kappa shape index (κ2) is 6.41. The first-order valence-electron chi connectivity index (χ1n) is 7.14. The summed E-state index contributed by atoms with van der Waals surface area (Å²) in [6, 6.07) is 12.2. The Bertz CT molecular complexity index is 600. The molecule has 1 aliphatic heterocycles. The van der Waals surface area contributed by atoms with Crippen LogP contribution in [0.4, 0.5) is 5.82 Å². The van der Waals surface area contributed by atoms with Crippen molar-refractivity contribution in [2.45, 2.75) is 18.9 Å². The van der Waals surface area contributed by atoms with Crippen LogP contribution in [0.25, 0.3) is 11.4 Å². The largest absolute Gasteiger partial charge is 0.381 e. The van der Waals surface area contributed by atoms with E-state index in [0.717, 1.165) is 37.4 Å². The summed E-state index contributed by atoms with van der Waals surface area (Å²) in [5, 5.41) is 0.470. The van der Waals surface area contributed by atoms with Crippen molar-refractivity contribution in [1.82, 2.24) is 9.97 Å². The van der Waals surface area contributed by atoms with Crippen molar-refractivity contribution in [3.63, 3.8) is 0 Å². The molecule has 2 heterocycles. The first-order valence-corrected chi connectivity index (χ1v) is 7.52. The molecule has 1 fully saturated rings. The lowest BCUT2D eigenvalue weighted by Crippen LogP contribution is -2.37. The van der Waals surface area contributed by atoms with E-state index >= 15 is 0 Å². The summed E-state index contributed by atoms with van der Waals surface area (Å²) >= 11 is 6.18. The van der Waals surface area contributed by atoms with Crippen LogP contribution in [-0.4, -0.2) is 36.3 Å². The quantitative estimate of drug-likeness (QED) is 0.815. The van der Waals surface area contributed by atoms with Crippen LogP contribution in [0.2, 0.25) is 5.15 Å². The van der Waals surface area contributed by atoms with E-state index in [-0.39, 0.29) is 0 Å². The molecular formula is C16H18ClN3O. The average Bonchev–Trinajstić information content (AvgIpc) is 2.55. The molecule has 1 aromatic carbocycles. The minimum atomic E-state index is 0.438. The summed E-state index contributed by atoms with van der Waals surface area (Å²) in [7, 11) is 2.06. The highest BCUT2D eigenvalue weighted by atomic mass is 35.5. The van der Waals surface area contributed by atoms with E-state index in [2.05, 4.69) is 21.9 Å². The predicted octanol–water partition coefficient (Wildman–Crippen LogP) is 3.41. The summed E-state index contributed by atoms with van der Waals surface area (Å²) in [5.74, 6) is 1.53. The van der Waals surface area contributed by atoms with E-state index in [9.17, 15) is 0 Å². The van der Waals surface area contributed by atoms with Crippen LogP contribution in [0.1, 0.15) is 12.8 Å². The molecule has 110 valence electrons. The van der Waals surface area contributed by atoms with Crippen LogP contribution < -0.4 is 4.90 Å². The normalized spacial score (nSPS) is 15.9. The maximum Gasteiger partial charge on any atom is 0.163 e. The summed E-state index contributed by atoms with van der Waals surface area (Å²) in [6.45, 7) is 1.61. The molecule has 1 aliphatic rings. The molecule has 0 saturated carbocycles. The molecule has 1 aromatic heterocycles. The van der Waals surface area contributed by atoms with Crippen molar-refractivity contribution in [2.24, 2.45) is 0 Å². The Hall–Kier alpha value is -1.65. The number of halogens is 1. The monoisotopic (exact) mass is 303 g/mol.